The molecule has 0 heterocycles. The maximum Gasteiger partial charge on any atom is 0.247 e. The second-order valence-corrected chi connectivity index (χ2v) is 8.02. The number of carbonyl (C=O) groups is 2. The fourth-order valence-corrected chi connectivity index (χ4v) is 3.54. The van der Waals surface area contributed by atoms with Crippen LogP contribution in [0.15, 0.2) is 48.0 Å². The van der Waals surface area contributed by atoms with Gasteiger partial charge in [0.25, 0.3) is 0 Å². The third-order valence-corrected chi connectivity index (χ3v) is 5.71. The van der Waals surface area contributed by atoms with Crippen molar-refractivity contribution in [1.82, 2.24) is 4.90 Å². The van der Waals surface area contributed by atoms with Crippen molar-refractivity contribution in [3.63, 3.8) is 0 Å². The lowest BCUT2D eigenvalue weighted by atomic mass is 10.1. The molecule has 0 aliphatic rings. The van der Waals surface area contributed by atoms with Crippen molar-refractivity contribution in [2.45, 2.75) is 19.8 Å². The number of nitrogen functional groups attached to an aromatic ring is 1. The molecule has 2 aromatic carbocycles. The van der Waals surface area contributed by atoms with Crippen LogP contribution in [0.25, 0.3) is 0 Å². The average Bonchev–Trinajstić information content (AvgIpc) is 2.78. The Morgan fingerprint density at radius 1 is 1.27 bits per heavy atom. The van der Waals surface area contributed by atoms with Gasteiger partial charge in [-0.3, -0.25) is 14.6 Å². The molecule has 0 aliphatic carbocycles. The van der Waals surface area contributed by atoms with E-state index in [1.807, 2.05) is 0 Å². The van der Waals surface area contributed by atoms with Crippen LogP contribution in [0.4, 0.5) is 15.8 Å². The molecule has 176 valence electrons. The zero-order valence-electron chi connectivity index (χ0n) is 18.2. The number of amides is 2. The number of rotatable bonds is 11. The summed E-state index contributed by atoms with van der Waals surface area (Å²) in [5.74, 6) is -1.24. The Morgan fingerprint density at radius 2 is 2.00 bits per heavy atom. The van der Waals surface area contributed by atoms with Gasteiger partial charge in [0.05, 0.1) is 16.7 Å². The molecule has 0 spiro atoms. The van der Waals surface area contributed by atoms with Gasteiger partial charge in [-0.25, -0.2) is 4.39 Å². The van der Waals surface area contributed by atoms with Crippen LogP contribution in [-0.4, -0.2) is 42.2 Å². The maximum absolute atomic E-state index is 14.1. The van der Waals surface area contributed by atoms with Crippen molar-refractivity contribution in [2.24, 2.45) is 10.7 Å². The molecule has 2 rings (SSSR count). The summed E-state index contributed by atoms with van der Waals surface area (Å²) in [6, 6.07) is 7.93. The van der Waals surface area contributed by atoms with Gasteiger partial charge in [-0.15, -0.1) is 0 Å². The van der Waals surface area contributed by atoms with Gasteiger partial charge in [0.15, 0.2) is 0 Å². The number of hydrogen-bond donors (Lipinski definition) is 3. The monoisotopic (exact) mass is 493 g/mol. The van der Waals surface area contributed by atoms with Crippen LogP contribution in [-0.2, 0) is 16.0 Å². The lowest BCUT2D eigenvalue weighted by Crippen LogP contribution is -2.35. The molecule has 10 heteroatoms. The van der Waals surface area contributed by atoms with Crippen LogP contribution < -0.4 is 16.8 Å². The summed E-state index contributed by atoms with van der Waals surface area (Å²) in [5, 5.41) is 3.60. The Bertz CT molecular complexity index is 1080. The van der Waals surface area contributed by atoms with E-state index in [0.717, 1.165) is 0 Å². The van der Waals surface area contributed by atoms with Crippen LogP contribution in [0, 0.1) is 5.82 Å². The molecule has 0 radical (unpaired) electrons. The van der Waals surface area contributed by atoms with Crippen LogP contribution in [0.3, 0.4) is 0 Å². The predicted octanol–water partition coefficient (Wildman–Crippen LogP) is 4.03. The number of halogens is 3. The molecule has 0 fully saturated rings. The highest BCUT2D eigenvalue weighted by molar-refractivity contribution is 6.42. The number of nitrogens with two attached hydrogens (primary N) is 2. The van der Waals surface area contributed by atoms with E-state index in [1.165, 1.54) is 23.1 Å². The quantitative estimate of drug-likeness (QED) is 0.144. The van der Waals surface area contributed by atoms with Crippen LogP contribution in [0.2, 0.25) is 10.0 Å². The summed E-state index contributed by atoms with van der Waals surface area (Å²) in [6.07, 6.45) is 2.00. The number of hydrogen-bond acceptors (Lipinski definition) is 5. The van der Waals surface area contributed by atoms with Crippen LogP contribution >= 0.6 is 23.2 Å². The minimum absolute atomic E-state index is 0.117. The molecule has 7 nitrogen and oxygen atoms in total. The molecule has 0 bridgehead atoms. The van der Waals surface area contributed by atoms with E-state index < -0.39 is 11.7 Å². The van der Waals surface area contributed by atoms with Gasteiger partial charge >= 0.3 is 0 Å². The summed E-state index contributed by atoms with van der Waals surface area (Å²) in [5.41, 5.74) is 14.0. The summed E-state index contributed by atoms with van der Waals surface area (Å²) in [7, 11) is 0. The van der Waals surface area contributed by atoms with E-state index in [-0.39, 0.29) is 29.2 Å². The van der Waals surface area contributed by atoms with Crippen molar-refractivity contribution >= 4 is 52.1 Å². The molecule has 0 aromatic heterocycles. The molecule has 0 saturated carbocycles. The van der Waals surface area contributed by atoms with E-state index in [2.05, 4.69) is 16.9 Å². The highest BCUT2D eigenvalue weighted by atomic mass is 35.5. The second kappa shape index (κ2) is 12.2. The molecule has 5 N–H and O–H groups in total. The molecule has 0 aliphatic heterocycles. The first-order valence-electron chi connectivity index (χ1n) is 10.1. The fraction of sp³-hybridized carbons (Fsp3) is 0.261. The van der Waals surface area contributed by atoms with Crippen LogP contribution in [0.5, 0.6) is 0 Å². The third kappa shape index (κ3) is 7.47. The van der Waals surface area contributed by atoms with E-state index >= 15 is 0 Å². The normalized spacial score (nSPS) is 11.2. The Morgan fingerprint density at radius 3 is 2.64 bits per heavy atom. The number of nitrogens with one attached hydrogen (secondary N) is 1. The Labute approximate surface area is 202 Å². The molecular formula is C23H26Cl2FN5O2. The van der Waals surface area contributed by atoms with E-state index in [9.17, 15) is 14.0 Å². The van der Waals surface area contributed by atoms with Gasteiger partial charge in [-0.2, -0.15) is 0 Å². The summed E-state index contributed by atoms with van der Waals surface area (Å²) < 4.78 is 14.1. The number of benzene rings is 2. The first-order valence-corrected chi connectivity index (χ1v) is 10.9. The zero-order chi connectivity index (χ0) is 24.5. The minimum atomic E-state index is -0.529. The van der Waals surface area contributed by atoms with Crippen molar-refractivity contribution in [3.05, 3.63) is 70.0 Å². The van der Waals surface area contributed by atoms with Crippen molar-refractivity contribution in [1.29, 1.82) is 0 Å². The van der Waals surface area contributed by atoms with Gasteiger partial charge in [0.2, 0.25) is 11.8 Å². The maximum atomic E-state index is 14.1. The summed E-state index contributed by atoms with van der Waals surface area (Å²) in [4.78, 5) is 28.8. The van der Waals surface area contributed by atoms with Crippen LogP contribution in [0.1, 0.15) is 24.5 Å². The SMILES string of the molecule is C=CC(=O)N(CCCc1c(F)ccc(Cl)c1Cl)CNc1ccc(C(C)=NCC(N)=O)c(N)c1. The average molecular weight is 494 g/mol. The topological polar surface area (TPSA) is 114 Å². The largest absolute Gasteiger partial charge is 0.398 e. The second-order valence-electron chi connectivity index (χ2n) is 7.24. The number of aliphatic imine (C=N–C) groups is 1. The Hall–Kier alpha value is -3.10. The molecule has 0 saturated heterocycles. The van der Waals surface area contributed by atoms with Crippen molar-refractivity contribution < 1.29 is 14.0 Å². The molecular weight excluding hydrogens is 468 g/mol. The number of anilines is 2. The lowest BCUT2D eigenvalue weighted by Gasteiger charge is -2.23. The lowest BCUT2D eigenvalue weighted by molar-refractivity contribution is -0.125. The first-order chi connectivity index (χ1) is 15.6. The number of carbonyl (C=O) groups excluding carboxylic acids is 2. The van der Waals surface area contributed by atoms with Crippen molar-refractivity contribution in [2.75, 3.05) is 30.8 Å². The predicted molar refractivity (Wildman–Crippen MR) is 132 cm³/mol. The highest BCUT2D eigenvalue weighted by Gasteiger charge is 2.14. The third-order valence-electron chi connectivity index (χ3n) is 4.87. The van der Waals surface area contributed by atoms with Gasteiger partial charge in [0, 0.05) is 34.8 Å². The molecule has 2 aromatic rings. The summed E-state index contributed by atoms with van der Waals surface area (Å²) >= 11 is 12.1. The number of primary amides is 1. The van der Waals surface area contributed by atoms with Gasteiger partial charge in [-0.1, -0.05) is 29.8 Å². The molecule has 0 unspecified atom stereocenters. The minimum Gasteiger partial charge on any atom is -0.398 e. The zero-order valence-corrected chi connectivity index (χ0v) is 19.7. The van der Waals surface area contributed by atoms with E-state index in [0.29, 0.717) is 47.6 Å². The Kier molecular flexibility index (Phi) is 9.69. The highest BCUT2D eigenvalue weighted by Crippen LogP contribution is 2.29. The molecule has 33 heavy (non-hydrogen) atoms. The smallest absolute Gasteiger partial charge is 0.247 e. The first kappa shape index (κ1) is 26.2. The summed E-state index contributed by atoms with van der Waals surface area (Å²) in [6.45, 7) is 5.68. The standard InChI is InChI=1S/C23H26Cl2FN5O2/c1-3-22(33)31(10-4-5-17-19(26)9-8-18(24)23(17)25)13-30-15-6-7-16(20(27)11-15)14(2)29-12-21(28)32/h3,6-9,11,30H,1,4-5,10,12-13,27H2,2H3,(H2,28,32). The fourth-order valence-electron chi connectivity index (χ4n) is 3.11. The van der Waals surface area contributed by atoms with Gasteiger partial charge < -0.3 is 21.7 Å². The molecule has 0 atom stereocenters. The molecule has 2 amide bonds. The number of nitrogens with zero attached hydrogens (tertiary/aromatic N) is 2. The Balaban J connectivity index is 2.02. The van der Waals surface area contributed by atoms with Gasteiger partial charge in [0.1, 0.15) is 12.4 Å². The van der Waals surface area contributed by atoms with E-state index in [1.54, 1.807) is 25.1 Å². The van der Waals surface area contributed by atoms with Crippen molar-refractivity contribution in [3.8, 4) is 0 Å². The van der Waals surface area contributed by atoms with E-state index in [4.69, 9.17) is 34.7 Å². The van der Waals surface area contributed by atoms with Gasteiger partial charge in [-0.05, 0) is 56.2 Å².